The number of rotatable bonds is 8. The Kier molecular flexibility index (Phi) is 6.61. The van der Waals surface area contributed by atoms with Gasteiger partial charge >= 0.3 is 0 Å². The molecule has 0 aliphatic carbocycles. The monoisotopic (exact) mass is 313 g/mol. The van der Waals surface area contributed by atoms with Crippen LogP contribution >= 0.6 is 0 Å². The van der Waals surface area contributed by atoms with E-state index >= 15 is 0 Å². The van der Waals surface area contributed by atoms with Gasteiger partial charge in [0.05, 0.1) is 0 Å². The predicted molar refractivity (Wildman–Crippen MR) is 86.3 cm³/mol. The summed E-state index contributed by atoms with van der Waals surface area (Å²) < 4.78 is 27.0. The molecule has 2 N–H and O–H groups in total. The maximum atomic E-state index is 12.7. The van der Waals surface area contributed by atoms with Crippen molar-refractivity contribution < 1.29 is 8.42 Å². The van der Waals surface area contributed by atoms with Crippen molar-refractivity contribution in [3.05, 3.63) is 18.3 Å². The average molecular weight is 313 g/mol. The van der Waals surface area contributed by atoms with E-state index in [1.165, 1.54) is 18.3 Å². The molecule has 0 amide bonds. The lowest BCUT2D eigenvalue weighted by Gasteiger charge is -2.23. The van der Waals surface area contributed by atoms with Crippen LogP contribution in [0.15, 0.2) is 23.2 Å². The summed E-state index contributed by atoms with van der Waals surface area (Å²) in [4.78, 5) is 4.10. The highest BCUT2D eigenvalue weighted by Gasteiger charge is 2.24. The molecule has 120 valence electrons. The minimum atomic E-state index is -3.49. The molecule has 1 aromatic rings. The van der Waals surface area contributed by atoms with Crippen molar-refractivity contribution >= 4 is 15.8 Å². The lowest BCUT2D eigenvalue weighted by Crippen LogP contribution is -2.34. The maximum absolute atomic E-state index is 12.7. The molecule has 0 fully saturated rings. The number of anilines is 1. The zero-order valence-corrected chi connectivity index (χ0v) is 14.2. The largest absolute Gasteiger partial charge is 0.384 e. The second kappa shape index (κ2) is 7.75. The van der Waals surface area contributed by atoms with Crippen LogP contribution in [0.3, 0.4) is 0 Å². The lowest BCUT2D eigenvalue weighted by molar-refractivity contribution is 0.357. The molecule has 6 heteroatoms. The van der Waals surface area contributed by atoms with Gasteiger partial charge in [0.2, 0.25) is 10.0 Å². The molecular weight excluding hydrogens is 286 g/mol. The van der Waals surface area contributed by atoms with Crippen molar-refractivity contribution in [2.24, 2.45) is 11.8 Å². The van der Waals surface area contributed by atoms with E-state index in [1.807, 2.05) is 0 Å². The molecule has 0 aliphatic rings. The number of aromatic nitrogens is 1. The molecule has 5 nitrogen and oxygen atoms in total. The molecule has 0 bridgehead atoms. The van der Waals surface area contributed by atoms with Gasteiger partial charge in [-0.2, -0.15) is 4.31 Å². The Morgan fingerprint density at radius 3 is 2.00 bits per heavy atom. The van der Waals surface area contributed by atoms with Crippen LogP contribution in [0.25, 0.3) is 0 Å². The predicted octanol–water partition coefficient (Wildman–Crippen LogP) is 2.75. The van der Waals surface area contributed by atoms with E-state index in [2.05, 4.69) is 32.7 Å². The molecule has 0 aliphatic heterocycles. The zero-order chi connectivity index (χ0) is 16.0. The van der Waals surface area contributed by atoms with Gasteiger partial charge < -0.3 is 5.73 Å². The highest BCUT2D eigenvalue weighted by molar-refractivity contribution is 7.89. The van der Waals surface area contributed by atoms with Gasteiger partial charge in [-0.3, -0.25) is 0 Å². The number of sulfonamides is 1. The Balaban J connectivity index is 2.95. The van der Waals surface area contributed by atoms with Gasteiger partial charge in [-0.15, -0.1) is 0 Å². The summed E-state index contributed by atoms with van der Waals surface area (Å²) in [5.74, 6) is 1.25. The van der Waals surface area contributed by atoms with Crippen molar-refractivity contribution in [2.45, 2.75) is 45.4 Å². The first kappa shape index (κ1) is 17.9. The summed E-state index contributed by atoms with van der Waals surface area (Å²) in [7, 11) is -3.49. The first-order valence-corrected chi connectivity index (χ1v) is 8.89. The molecule has 0 unspecified atom stereocenters. The Morgan fingerprint density at radius 2 is 1.62 bits per heavy atom. The second-order valence-electron chi connectivity index (χ2n) is 6.19. The van der Waals surface area contributed by atoms with Gasteiger partial charge in [0.25, 0.3) is 0 Å². The van der Waals surface area contributed by atoms with Crippen LogP contribution in [0.2, 0.25) is 0 Å². The Labute approximate surface area is 128 Å². The highest BCUT2D eigenvalue weighted by Crippen LogP contribution is 2.18. The third-order valence-corrected chi connectivity index (χ3v) is 5.19. The van der Waals surface area contributed by atoms with Crippen molar-refractivity contribution in [3.8, 4) is 0 Å². The van der Waals surface area contributed by atoms with Gasteiger partial charge in [0.1, 0.15) is 10.7 Å². The third-order valence-electron chi connectivity index (χ3n) is 3.31. The van der Waals surface area contributed by atoms with E-state index in [9.17, 15) is 8.42 Å². The third kappa shape index (κ3) is 5.63. The van der Waals surface area contributed by atoms with Crippen molar-refractivity contribution in [3.63, 3.8) is 0 Å². The van der Waals surface area contributed by atoms with Crippen LogP contribution in [0.1, 0.15) is 40.5 Å². The van der Waals surface area contributed by atoms with Gasteiger partial charge in [-0.05, 0) is 36.8 Å². The summed E-state index contributed by atoms with van der Waals surface area (Å²) in [5, 5.41) is 0. The highest BCUT2D eigenvalue weighted by atomic mass is 32.2. The maximum Gasteiger partial charge on any atom is 0.244 e. The standard InChI is InChI=1S/C15H27N3O2S/c1-12(2)7-9-18(10-8-13(3)4)21(19,20)14-5-6-15(16)17-11-14/h5-6,11-13H,7-10H2,1-4H3,(H2,16,17). The smallest absolute Gasteiger partial charge is 0.244 e. The Hall–Kier alpha value is -1.14. The number of nitrogen functional groups attached to an aromatic ring is 1. The van der Waals surface area contributed by atoms with E-state index in [1.54, 1.807) is 4.31 Å². The zero-order valence-electron chi connectivity index (χ0n) is 13.4. The molecule has 0 saturated carbocycles. The molecule has 0 atom stereocenters. The molecular formula is C15H27N3O2S. The van der Waals surface area contributed by atoms with Gasteiger partial charge in [0.15, 0.2) is 0 Å². The second-order valence-corrected chi connectivity index (χ2v) is 8.13. The molecule has 0 spiro atoms. The normalized spacial score (nSPS) is 12.5. The first-order valence-electron chi connectivity index (χ1n) is 7.45. The van der Waals surface area contributed by atoms with Crippen molar-refractivity contribution in [1.29, 1.82) is 0 Å². The molecule has 21 heavy (non-hydrogen) atoms. The molecule has 0 aromatic carbocycles. The van der Waals surface area contributed by atoms with Crippen LogP contribution in [-0.4, -0.2) is 30.8 Å². The van der Waals surface area contributed by atoms with Crippen molar-refractivity contribution in [2.75, 3.05) is 18.8 Å². The van der Waals surface area contributed by atoms with Crippen molar-refractivity contribution in [1.82, 2.24) is 9.29 Å². The minimum absolute atomic E-state index is 0.212. The summed E-state index contributed by atoms with van der Waals surface area (Å²) in [6, 6.07) is 3.05. The van der Waals surface area contributed by atoms with Gasteiger partial charge in [-0.25, -0.2) is 13.4 Å². The van der Waals surface area contributed by atoms with E-state index in [-0.39, 0.29) is 4.90 Å². The number of hydrogen-bond acceptors (Lipinski definition) is 4. The van der Waals surface area contributed by atoms with Crippen LogP contribution in [0.4, 0.5) is 5.82 Å². The van der Waals surface area contributed by atoms with Crippen LogP contribution in [-0.2, 0) is 10.0 Å². The number of nitrogens with zero attached hydrogens (tertiary/aromatic N) is 2. The quantitative estimate of drug-likeness (QED) is 0.800. The summed E-state index contributed by atoms with van der Waals surface area (Å²) in [6.07, 6.45) is 3.03. The first-order chi connectivity index (χ1) is 9.73. The minimum Gasteiger partial charge on any atom is -0.384 e. The van der Waals surface area contributed by atoms with Crippen LogP contribution in [0.5, 0.6) is 0 Å². The fourth-order valence-corrected chi connectivity index (χ4v) is 3.27. The lowest BCUT2D eigenvalue weighted by atomic mass is 10.1. The van der Waals surface area contributed by atoms with Gasteiger partial charge in [-0.1, -0.05) is 27.7 Å². The van der Waals surface area contributed by atoms with Gasteiger partial charge in [0, 0.05) is 19.3 Å². The topological polar surface area (TPSA) is 76.3 Å². The summed E-state index contributed by atoms with van der Waals surface area (Å²) in [6.45, 7) is 9.46. The Bertz CT molecular complexity index is 512. The molecule has 1 rings (SSSR count). The van der Waals surface area contributed by atoms with E-state index in [4.69, 9.17) is 5.73 Å². The molecule has 0 saturated heterocycles. The average Bonchev–Trinajstić information content (AvgIpc) is 2.38. The fourth-order valence-electron chi connectivity index (χ4n) is 1.85. The van der Waals surface area contributed by atoms with E-state index in [0.717, 1.165) is 12.8 Å². The molecule has 0 radical (unpaired) electrons. The Morgan fingerprint density at radius 1 is 1.10 bits per heavy atom. The SMILES string of the molecule is CC(C)CCN(CCC(C)C)S(=O)(=O)c1ccc(N)nc1. The number of pyridine rings is 1. The van der Waals surface area contributed by atoms with Crippen LogP contribution < -0.4 is 5.73 Å². The van der Waals surface area contributed by atoms with Crippen LogP contribution in [0, 0.1) is 11.8 Å². The van der Waals surface area contributed by atoms with E-state index < -0.39 is 10.0 Å². The number of hydrogen-bond donors (Lipinski definition) is 1. The summed E-state index contributed by atoms with van der Waals surface area (Å²) in [5.41, 5.74) is 5.52. The fraction of sp³-hybridized carbons (Fsp3) is 0.667. The molecule has 1 aromatic heterocycles. The molecule has 1 heterocycles. The number of nitrogens with two attached hydrogens (primary N) is 1. The van der Waals surface area contributed by atoms with E-state index in [0.29, 0.717) is 30.7 Å². The summed E-state index contributed by atoms with van der Waals surface area (Å²) >= 11 is 0.